The highest BCUT2D eigenvalue weighted by atomic mass is 35.5. The maximum absolute atomic E-state index is 14.6. The first-order valence-electron chi connectivity index (χ1n) is 11.6. The van der Waals surface area contributed by atoms with Crippen molar-refractivity contribution in [2.24, 2.45) is 0 Å². The van der Waals surface area contributed by atoms with E-state index in [0.29, 0.717) is 5.75 Å². The van der Waals surface area contributed by atoms with Crippen LogP contribution < -0.4 is 14.4 Å². The number of nitrogens with zero attached hydrogens (tertiary/aromatic N) is 2. The van der Waals surface area contributed by atoms with Crippen molar-refractivity contribution in [3.8, 4) is 5.75 Å². The van der Waals surface area contributed by atoms with Gasteiger partial charge in [-0.15, -0.1) is 0 Å². The fraction of sp³-hybridized carbons (Fsp3) is 0.259. The Kier molecular flexibility index (Phi) is 9.71. The number of carbonyl (C=O) groups is 2. The number of hydrogen-bond acceptors (Lipinski definition) is 5. The summed E-state index contributed by atoms with van der Waals surface area (Å²) in [5, 5.41) is 2.72. The Morgan fingerprint density at radius 1 is 1.05 bits per heavy atom. The molecule has 0 unspecified atom stereocenters. The Hall–Kier alpha value is -3.63. The van der Waals surface area contributed by atoms with Crippen LogP contribution in [0.4, 0.5) is 10.1 Å². The van der Waals surface area contributed by atoms with Crippen LogP contribution >= 0.6 is 11.6 Å². The van der Waals surface area contributed by atoms with Gasteiger partial charge in [-0.1, -0.05) is 60.1 Å². The number of ether oxygens (including phenoxy) is 1. The summed E-state index contributed by atoms with van der Waals surface area (Å²) < 4.78 is 46.2. The van der Waals surface area contributed by atoms with Gasteiger partial charge in [-0.25, -0.2) is 12.8 Å². The number of carbonyl (C=O) groups excluding carboxylic acids is 2. The first-order valence-corrected chi connectivity index (χ1v) is 13.9. The molecule has 0 saturated carbocycles. The third kappa shape index (κ3) is 7.23. The molecule has 0 spiro atoms. The minimum Gasteiger partial charge on any atom is -0.495 e. The largest absolute Gasteiger partial charge is 0.495 e. The van der Waals surface area contributed by atoms with Gasteiger partial charge in [-0.3, -0.25) is 13.9 Å². The predicted molar refractivity (Wildman–Crippen MR) is 145 cm³/mol. The van der Waals surface area contributed by atoms with Crippen LogP contribution in [-0.4, -0.2) is 58.1 Å². The predicted octanol–water partition coefficient (Wildman–Crippen LogP) is 3.64. The normalized spacial score (nSPS) is 11.9. The lowest BCUT2D eigenvalue weighted by atomic mass is 10.0. The average Bonchev–Trinajstić information content (AvgIpc) is 2.89. The van der Waals surface area contributed by atoms with Gasteiger partial charge in [-0.05, 0) is 29.8 Å². The summed E-state index contributed by atoms with van der Waals surface area (Å²) >= 11 is 6.21. The molecule has 0 aromatic heterocycles. The van der Waals surface area contributed by atoms with E-state index in [-0.39, 0.29) is 29.2 Å². The quantitative estimate of drug-likeness (QED) is 0.386. The zero-order valence-corrected chi connectivity index (χ0v) is 22.8. The molecule has 0 fully saturated rings. The van der Waals surface area contributed by atoms with Gasteiger partial charge in [0.1, 0.15) is 24.2 Å². The number of nitrogens with one attached hydrogen (secondary N) is 1. The van der Waals surface area contributed by atoms with Crippen molar-refractivity contribution >= 4 is 39.1 Å². The maximum Gasteiger partial charge on any atom is 0.244 e. The van der Waals surface area contributed by atoms with Gasteiger partial charge in [0.15, 0.2) is 0 Å². The van der Waals surface area contributed by atoms with Crippen LogP contribution in [0, 0.1) is 5.82 Å². The first-order chi connectivity index (χ1) is 18.0. The molecule has 0 aliphatic rings. The molecule has 202 valence electrons. The summed E-state index contributed by atoms with van der Waals surface area (Å²) in [5.41, 5.74) is 1.09. The van der Waals surface area contributed by atoms with E-state index in [4.69, 9.17) is 16.3 Å². The fourth-order valence-electron chi connectivity index (χ4n) is 3.95. The Balaban J connectivity index is 2.04. The molecule has 11 heteroatoms. The molecule has 3 rings (SSSR count). The average molecular weight is 562 g/mol. The van der Waals surface area contributed by atoms with Gasteiger partial charge in [0.05, 0.1) is 24.1 Å². The monoisotopic (exact) mass is 561 g/mol. The molecule has 0 saturated heterocycles. The molecular weight excluding hydrogens is 533 g/mol. The number of amides is 2. The summed E-state index contributed by atoms with van der Waals surface area (Å²) in [6.07, 6.45) is 1.09. The van der Waals surface area contributed by atoms with E-state index < -0.39 is 40.2 Å². The minimum atomic E-state index is -3.96. The lowest BCUT2D eigenvalue weighted by Gasteiger charge is -2.33. The second kappa shape index (κ2) is 12.7. The second-order valence-electron chi connectivity index (χ2n) is 8.52. The number of benzene rings is 3. The minimum absolute atomic E-state index is 0.133. The molecule has 0 heterocycles. The van der Waals surface area contributed by atoms with Gasteiger partial charge in [0.2, 0.25) is 21.8 Å². The highest BCUT2D eigenvalue weighted by Gasteiger charge is 2.33. The number of hydrogen-bond donors (Lipinski definition) is 1. The van der Waals surface area contributed by atoms with E-state index in [1.165, 1.54) is 55.5 Å². The van der Waals surface area contributed by atoms with E-state index >= 15 is 0 Å². The Morgan fingerprint density at radius 2 is 1.71 bits per heavy atom. The van der Waals surface area contributed by atoms with Crippen molar-refractivity contribution in [1.82, 2.24) is 10.2 Å². The lowest BCUT2D eigenvalue weighted by Crippen LogP contribution is -2.53. The summed E-state index contributed by atoms with van der Waals surface area (Å²) in [7, 11) is -1.10. The summed E-state index contributed by atoms with van der Waals surface area (Å²) in [4.78, 5) is 28.1. The Morgan fingerprint density at radius 3 is 2.29 bits per heavy atom. The number of halogens is 2. The smallest absolute Gasteiger partial charge is 0.244 e. The third-order valence-electron chi connectivity index (χ3n) is 5.92. The Labute approximate surface area is 227 Å². The number of likely N-dealkylation sites (N-methyl/N-ethyl adjacent to an activating group) is 1. The first kappa shape index (κ1) is 28.9. The van der Waals surface area contributed by atoms with E-state index in [0.717, 1.165) is 16.1 Å². The van der Waals surface area contributed by atoms with Gasteiger partial charge >= 0.3 is 0 Å². The molecule has 3 aromatic rings. The van der Waals surface area contributed by atoms with Crippen LogP contribution in [0.2, 0.25) is 5.02 Å². The molecule has 1 atom stereocenters. The van der Waals surface area contributed by atoms with Crippen molar-refractivity contribution in [3.05, 3.63) is 94.8 Å². The molecule has 0 radical (unpaired) electrons. The topological polar surface area (TPSA) is 96.0 Å². The van der Waals surface area contributed by atoms with Crippen LogP contribution in [0.1, 0.15) is 11.1 Å². The van der Waals surface area contributed by atoms with E-state index in [1.54, 1.807) is 18.2 Å². The molecule has 38 heavy (non-hydrogen) atoms. The molecule has 0 aliphatic carbocycles. The summed E-state index contributed by atoms with van der Waals surface area (Å²) in [5.74, 6) is -1.39. The van der Waals surface area contributed by atoms with Crippen LogP contribution in [0.5, 0.6) is 5.75 Å². The summed E-state index contributed by atoms with van der Waals surface area (Å²) in [6.45, 7) is -0.893. The number of sulfonamides is 1. The van der Waals surface area contributed by atoms with Crippen molar-refractivity contribution in [3.63, 3.8) is 0 Å². The lowest BCUT2D eigenvalue weighted by molar-refractivity contribution is -0.139. The van der Waals surface area contributed by atoms with Crippen LogP contribution in [0.3, 0.4) is 0 Å². The number of anilines is 1. The van der Waals surface area contributed by atoms with Crippen molar-refractivity contribution in [2.75, 3.05) is 31.3 Å². The van der Waals surface area contributed by atoms with E-state index in [2.05, 4.69) is 5.32 Å². The van der Waals surface area contributed by atoms with Gasteiger partial charge < -0.3 is 15.0 Å². The highest BCUT2D eigenvalue weighted by Crippen LogP contribution is 2.30. The fourth-order valence-corrected chi connectivity index (χ4v) is 5.05. The Bertz CT molecular complexity index is 1390. The van der Waals surface area contributed by atoms with Crippen molar-refractivity contribution < 1.29 is 27.1 Å². The van der Waals surface area contributed by atoms with Crippen LogP contribution in [0.15, 0.2) is 72.8 Å². The zero-order valence-electron chi connectivity index (χ0n) is 21.2. The molecule has 3 aromatic carbocycles. The SMILES string of the molecule is CNC(=O)[C@@H](Cc1ccccc1)N(Cc1ccccc1F)C(=O)CN(c1ccc(OC)c(Cl)c1)S(C)(=O)=O. The number of methoxy groups -OCH3 is 1. The highest BCUT2D eigenvalue weighted by molar-refractivity contribution is 7.92. The molecule has 1 N–H and O–H groups in total. The molecular formula is C27H29ClFN3O5S. The van der Waals surface area contributed by atoms with Crippen molar-refractivity contribution in [2.45, 2.75) is 19.0 Å². The zero-order chi connectivity index (χ0) is 27.9. The van der Waals surface area contributed by atoms with Gasteiger partial charge in [0, 0.05) is 25.6 Å². The molecule has 0 bridgehead atoms. The third-order valence-corrected chi connectivity index (χ3v) is 7.35. The van der Waals surface area contributed by atoms with Gasteiger partial charge in [-0.2, -0.15) is 0 Å². The van der Waals surface area contributed by atoms with E-state index in [1.807, 2.05) is 18.2 Å². The number of rotatable bonds is 11. The summed E-state index contributed by atoms with van der Waals surface area (Å²) in [6, 6.07) is 18.2. The van der Waals surface area contributed by atoms with Crippen LogP contribution in [-0.2, 0) is 32.6 Å². The van der Waals surface area contributed by atoms with Crippen LogP contribution in [0.25, 0.3) is 0 Å². The maximum atomic E-state index is 14.6. The second-order valence-corrected chi connectivity index (χ2v) is 10.8. The van der Waals surface area contributed by atoms with Gasteiger partial charge in [0.25, 0.3) is 0 Å². The van der Waals surface area contributed by atoms with E-state index in [9.17, 15) is 22.4 Å². The van der Waals surface area contributed by atoms with Crippen molar-refractivity contribution in [1.29, 1.82) is 0 Å². The molecule has 8 nitrogen and oxygen atoms in total. The standard InChI is InChI=1S/C27H29ClFN3O5S/c1-30-27(34)24(15-19-9-5-4-6-10-19)31(17-20-11-7-8-12-23(20)29)26(33)18-32(38(3,35)36)21-13-14-25(37-2)22(28)16-21/h4-14,16,24H,15,17-18H2,1-3H3,(H,30,34)/t24-/m1/s1. The molecule has 2 amide bonds. The molecule has 0 aliphatic heterocycles.